The molecule has 1 aromatic carbocycles. The van der Waals surface area contributed by atoms with Crippen molar-refractivity contribution in [3.63, 3.8) is 0 Å². The summed E-state index contributed by atoms with van der Waals surface area (Å²) in [6.45, 7) is 9.86. The van der Waals surface area contributed by atoms with Gasteiger partial charge in [0.25, 0.3) is 11.8 Å². The number of ether oxygens (including phenoxy) is 3. The van der Waals surface area contributed by atoms with E-state index >= 15 is 0 Å². The highest BCUT2D eigenvalue weighted by molar-refractivity contribution is 7.13. The minimum atomic E-state index is -0.898. The maximum absolute atomic E-state index is 14.2. The number of nitrogens with two attached hydrogens (primary N) is 1. The first-order valence-corrected chi connectivity index (χ1v) is 27.9. The van der Waals surface area contributed by atoms with Crippen molar-refractivity contribution < 1.29 is 43.3 Å². The minimum Gasteiger partial charge on any atom is -0.507 e. The predicted molar refractivity (Wildman–Crippen MR) is 290 cm³/mol. The molecule has 2 bridgehead atoms. The van der Waals surface area contributed by atoms with Crippen molar-refractivity contribution in [1.29, 1.82) is 0 Å². The van der Waals surface area contributed by atoms with Crippen LogP contribution in [0.2, 0.25) is 0 Å². The number of phenols is 1. The van der Waals surface area contributed by atoms with Gasteiger partial charge in [-0.3, -0.25) is 19.4 Å². The molecule has 4 saturated heterocycles. The van der Waals surface area contributed by atoms with Gasteiger partial charge < -0.3 is 59.6 Å². The zero-order chi connectivity index (χ0) is 54.2. The number of rotatable bonds is 17. The van der Waals surface area contributed by atoms with Crippen LogP contribution >= 0.6 is 11.3 Å². The van der Waals surface area contributed by atoms with Crippen molar-refractivity contribution >= 4 is 46.3 Å². The number of nitrogens with one attached hydrogen (secondary N) is 1. The third kappa shape index (κ3) is 11.1. The number of nitrogens with zero attached hydrogens (tertiary/aromatic N) is 10. The Labute approximate surface area is 456 Å². The van der Waals surface area contributed by atoms with Crippen molar-refractivity contribution in [2.45, 2.75) is 127 Å². The second-order valence-corrected chi connectivity index (χ2v) is 22.4. The summed E-state index contributed by atoms with van der Waals surface area (Å²) in [4.78, 5) is 63.7. The number of carbonyl (C=O) groups excluding carboxylic acids is 3. The van der Waals surface area contributed by atoms with Crippen molar-refractivity contribution in [3.8, 4) is 39.3 Å². The summed E-state index contributed by atoms with van der Waals surface area (Å²) in [5.74, 6) is -0.601. The average molecular weight is 1080 g/mol. The van der Waals surface area contributed by atoms with Crippen molar-refractivity contribution in [2.75, 3.05) is 54.9 Å². The number of hydrogen-bond acceptors (Lipinski definition) is 19. The van der Waals surface area contributed by atoms with E-state index in [9.17, 15) is 24.6 Å². The molecule has 410 valence electrons. The molecule has 9 heterocycles. The average Bonchev–Trinajstić information content (AvgIpc) is 4.31. The van der Waals surface area contributed by atoms with E-state index in [0.29, 0.717) is 48.9 Å². The Morgan fingerprint density at radius 3 is 2.37 bits per heavy atom. The maximum Gasteiger partial charge on any atom is 0.260 e. The highest BCUT2D eigenvalue weighted by Crippen LogP contribution is 2.41. The van der Waals surface area contributed by atoms with E-state index in [1.165, 1.54) is 22.3 Å². The predicted octanol–water partition coefficient (Wildman–Crippen LogP) is 6.07. The van der Waals surface area contributed by atoms with Gasteiger partial charge in [-0.1, -0.05) is 32.0 Å². The molecule has 21 nitrogen and oxygen atoms in total. The number of β-amino-alcohol motifs (C(OH)–C–C–N with tert-alkyl or cyclic N) is 1. The molecule has 5 aliphatic rings. The molecule has 22 heteroatoms. The summed E-state index contributed by atoms with van der Waals surface area (Å²) in [6.07, 6.45) is 7.84. The Hall–Kier alpha value is -7.43. The largest absolute Gasteiger partial charge is 0.507 e. The maximum atomic E-state index is 14.2. The van der Waals surface area contributed by atoms with Gasteiger partial charge in [0.05, 0.1) is 57.5 Å². The molecule has 1 unspecified atom stereocenters. The van der Waals surface area contributed by atoms with E-state index < -0.39 is 24.1 Å². The lowest BCUT2D eigenvalue weighted by molar-refractivity contribution is -0.141. The van der Waals surface area contributed by atoms with Gasteiger partial charge in [-0.05, 0) is 86.5 Å². The number of carbonyl (C=O) groups is 3. The van der Waals surface area contributed by atoms with Crippen LogP contribution in [0.5, 0.6) is 17.5 Å². The number of aromatic nitrogens is 6. The highest BCUT2D eigenvalue weighted by Gasteiger charge is 2.45. The van der Waals surface area contributed by atoms with E-state index in [1.807, 2.05) is 70.3 Å². The number of anilines is 3. The molecule has 3 amide bonds. The lowest BCUT2D eigenvalue weighted by atomic mass is 9.91. The standard InChI is InChI=1S/C56H66N12O9S/c1-31(2)52(56(73)67-28-38(69)20-46(67)55(72)61-32(3)34-9-12-43(59-25-34)53-33(4)60-30-78-53)48-24-50(64-77-48)74-29-51(71)65-17-14-39(15-18-65)75-40-21-41(22-40)76-49-19-35(13-16-58-49)68-36-10-11-37(68)27-66(26-36)45-23-44(62-63-54(45)57)42-7-5-6-8-47(42)70/h5-9,12-13,16,19,23-25,30-32,36-41,46,52,69-70H,10-11,14-15,17-18,20-22,26-29H2,1-4H3,(H2,57,63)(H,61,72)/t32-,36+,37?,38+,40?,41?,46-,52+/m0/s1. The molecule has 5 N–H and O–H groups in total. The van der Waals surface area contributed by atoms with Crippen LogP contribution in [0.4, 0.5) is 17.2 Å². The third-order valence-corrected chi connectivity index (χ3v) is 16.9. The number of aryl methyl sites for hydroxylation is 1. The number of fused-ring (bicyclic) bond motifs is 2. The van der Waals surface area contributed by atoms with Crippen LogP contribution in [0.15, 0.2) is 83.1 Å². The number of likely N-dealkylation sites (tertiary alicyclic amines) is 2. The molecule has 1 aliphatic carbocycles. The molecule has 78 heavy (non-hydrogen) atoms. The third-order valence-electron chi connectivity index (χ3n) is 15.9. The fourth-order valence-electron chi connectivity index (χ4n) is 11.7. The number of phenolic OH excluding ortho intramolecular Hbond substituents is 1. The number of benzene rings is 1. The number of aliphatic hydroxyl groups excluding tert-OH is 1. The molecule has 0 spiro atoms. The Morgan fingerprint density at radius 2 is 1.65 bits per heavy atom. The van der Waals surface area contributed by atoms with Crippen LogP contribution in [0, 0.1) is 12.8 Å². The molecule has 0 radical (unpaired) electrons. The van der Waals surface area contributed by atoms with Gasteiger partial charge in [0, 0.05) is 99.8 Å². The summed E-state index contributed by atoms with van der Waals surface area (Å²) in [5.41, 5.74) is 13.8. The second-order valence-electron chi connectivity index (χ2n) is 21.6. The summed E-state index contributed by atoms with van der Waals surface area (Å²) >= 11 is 1.52. The summed E-state index contributed by atoms with van der Waals surface area (Å²) in [6, 6.07) is 17.7. The van der Waals surface area contributed by atoms with Crippen LogP contribution < -0.4 is 30.3 Å². The first-order chi connectivity index (χ1) is 37.7. The molecule has 11 rings (SSSR count). The van der Waals surface area contributed by atoms with Crippen LogP contribution in [0.1, 0.15) is 94.7 Å². The fraction of sp³-hybridized carbons (Fsp3) is 0.482. The van der Waals surface area contributed by atoms with Gasteiger partial charge in [-0.15, -0.1) is 21.5 Å². The number of aromatic hydroxyl groups is 1. The van der Waals surface area contributed by atoms with Crippen molar-refractivity contribution in [1.82, 2.24) is 45.4 Å². The van der Waals surface area contributed by atoms with E-state index in [0.717, 1.165) is 72.0 Å². The molecule has 4 aliphatic heterocycles. The number of para-hydroxylation sites is 1. The number of hydrogen-bond donors (Lipinski definition) is 4. The summed E-state index contributed by atoms with van der Waals surface area (Å²) in [7, 11) is 0. The lowest BCUT2D eigenvalue weighted by Crippen LogP contribution is -2.54. The smallest absolute Gasteiger partial charge is 0.260 e. The van der Waals surface area contributed by atoms with Gasteiger partial charge in [0.2, 0.25) is 17.7 Å². The summed E-state index contributed by atoms with van der Waals surface area (Å²) in [5, 5.41) is 36.8. The molecular formula is C56H66N12O9S. The first-order valence-electron chi connectivity index (χ1n) is 27.0. The highest BCUT2D eigenvalue weighted by atomic mass is 32.1. The molecule has 6 atom stereocenters. The van der Waals surface area contributed by atoms with Crippen molar-refractivity contribution in [2.24, 2.45) is 5.92 Å². The van der Waals surface area contributed by atoms with Crippen LogP contribution in [-0.4, -0.2) is 150 Å². The number of amides is 3. The van der Waals surface area contributed by atoms with E-state index in [1.54, 1.807) is 28.7 Å². The number of piperidine rings is 1. The van der Waals surface area contributed by atoms with Gasteiger partial charge in [0.15, 0.2) is 18.2 Å². The molecule has 5 fully saturated rings. The van der Waals surface area contributed by atoms with Gasteiger partial charge in [-0.2, -0.15) is 0 Å². The Kier molecular flexibility index (Phi) is 15.2. The number of piperazine rings is 1. The number of pyridine rings is 2. The quantitative estimate of drug-likeness (QED) is 0.0807. The van der Waals surface area contributed by atoms with Crippen LogP contribution in [-0.2, 0) is 19.1 Å². The zero-order valence-corrected chi connectivity index (χ0v) is 45.0. The van der Waals surface area contributed by atoms with E-state index in [-0.39, 0.29) is 91.0 Å². The van der Waals surface area contributed by atoms with Crippen LogP contribution in [0.3, 0.4) is 0 Å². The Bertz CT molecular complexity index is 3090. The SMILES string of the molecule is Cc1ncsc1-c1ccc([C@H](C)NC(=O)[C@@H]2C[C@@H](O)CN2C(=O)[C@@H](c2cc(OCC(=O)N3CCC(OC4CC(Oc5cc(N6C7CC[C@@H]6CN(c6cc(-c8ccccc8O)nnc6N)C7)ccn5)C4)CC3)no2)C(C)C)cn1. The summed E-state index contributed by atoms with van der Waals surface area (Å²) < 4.78 is 24.3. The Morgan fingerprint density at radius 1 is 0.872 bits per heavy atom. The van der Waals surface area contributed by atoms with E-state index in [4.69, 9.17) is 24.5 Å². The second kappa shape index (κ2) is 22.5. The Balaban J connectivity index is 0.611. The number of thiazole rings is 1. The number of aliphatic hydroxyl groups is 1. The molecule has 5 aromatic heterocycles. The molecular weight excluding hydrogens is 1020 g/mol. The molecule has 1 saturated carbocycles. The topological polar surface area (TPSA) is 261 Å². The van der Waals surface area contributed by atoms with Gasteiger partial charge in [-0.25, -0.2) is 9.97 Å². The number of nitrogen functional groups attached to an aromatic ring is 1. The normalized spacial score (nSPS) is 23.1. The zero-order valence-electron chi connectivity index (χ0n) is 44.2. The van der Waals surface area contributed by atoms with Gasteiger partial charge >= 0.3 is 0 Å². The minimum absolute atomic E-state index is 0.00467. The van der Waals surface area contributed by atoms with Crippen molar-refractivity contribution in [3.05, 3.63) is 95.6 Å². The van der Waals surface area contributed by atoms with Gasteiger partial charge in [0.1, 0.15) is 23.8 Å². The van der Waals surface area contributed by atoms with Crippen LogP contribution in [0.25, 0.3) is 21.8 Å². The monoisotopic (exact) mass is 1080 g/mol. The fourth-order valence-corrected chi connectivity index (χ4v) is 12.5. The van der Waals surface area contributed by atoms with E-state index in [2.05, 4.69) is 51.5 Å². The lowest BCUT2D eigenvalue weighted by Gasteiger charge is -2.43. The first kappa shape index (κ1) is 52.6. The molecule has 6 aromatic rings.